The van der Waals surface area contributed by atoms with Gasteiger partial charge in [0.15, 0.2) is 11.2 Å². The van der Waals surface area contributed by atoms with Crippen LogP contribution in [0.3, 0.4) is 0 Å². The van der Waals surface area contributed by atoms with E-state index in [1.807, 2.05) is 47.1 Å². The minimum absolute atomic E-state index is 0.203. The van der Waals surface area contributed by atoms with E-state index in [1.54, 1.807) is 7.05 Å². The van der Waals surface area contributed by atoms with Gasteiger partial charge in [0.2, 0.25) is 5.95 Å². The van der Waals surface area contributed by atoms with E-state index in [9.17, 15) is 9.59 Å². The first kappa shape index (κ1) is 21.9. The van der Waals surface area contributed by atoms with Crippen LogP contribution in [-0.2, 0) is 26.6 Å². The Balaban J connectivity index is 1.61. The van der Waals surface area contributed by atoms with Gasteiger partial charge in [-0.1, -0.05) is 68.5 Å². The Morgan fingerprint density at radius 3 is 2.47 bits per heavy atom. The fourth-order valence-electron chi connectivity index (χ4n) is 4.65. The van der Waals surface area contributed by atoms with Crippen molar-refractivity contribution in [1.29, 1.82) is 0 Å². The molecule has 1 aliphatic heterocycles. The molecule has 4 aromatic rings. The molecule has 3 heterocycles. The summed E-state index contributed by atoms with van der Waals surface area (Å²) in [5.41, 5.74) is 3.58. The first-order chi connectivity index (χ1) is 16.5. The van der Waals surface area contributed by atoms with Gasteiger partial charge in [-0.05, 0) is 35.6 Å². The van der Waals surface area contributed by atoms with Crippen LogP contribution in [0.15, 0.2) is 70.3 Å². The predicted octanol–water partition coefficient (Wildman–Crippen LogP) is 3.96. The Hall–Kier alpha value is -3.87. The lowest BCUT2D eigenvalue weighted by Gasteiger charge is -2.33. The molecule has 0 amide bonds. The van der Waals surface area contributed by atoms with Crippen molar-refractivity contribution in [2.45, 2.75) is 33.4 Å². The molecule has 0 saturated carbocycles. The summed E-state index contributed by atoms with van der Waals surface area (Å²) in [6, 6.07) is 18.3. The normalized spacial score (nSPS) is 15.9. The molecule has 0 bridgehead atoms. The number of nitrogens with zero attached hydrogens (tertiary/aromatic N) is 5. The van der Waals surface area contributed by atoms with E-state index in [1.165, 1.54) is 14.7 Å². The number of imidazole rings is 1. The Kier molecular flexibility index (Phi) is 5.69. The molecule has 5 rings (SSSR count). The second-order valence-electron chi connectivity index (χ2n) is 9.00. The molecule has 0 aliphatic carbocycles. The van der Waals surface area contributed by atoms with E-state index in [0.29, 0.717) is 29.6 Å². The van der Waals surface area contributed by atoms with E-state index in [0.717, 1.165) is 24.2 Å². The Bertz CT molecular complexity index is 1480. The molecule has 1 atom stereocenters. The molecule has 1 aliphatic rings. The first-order valence-corrected chi connectivity index (χ1v) is 11.8. The fraction of sp³-hybridized carbons (Fsp3) is 0.296. The third-order valence-corrected chi connectivity index (χ3v) is 6.50. The minimum Gasteiger partial charge on any atom is -0.312 e. The van der Waals surface area contributed by atoms with Gasteiger partial charge in [-0.3, -0.25) is 13.9 Å². The number of anilines is 2. The smallest absolute Gasteiger partial charge is 0.312 e. The fourth-order valence-corrected chi connectivity index (χ4v) is 4.65. The average molecular weight is 456 g/mol. The van der Waals surface area contributed by atoms with E-state index in [-0.39, 0.29) is 17.8 Å². The quantitative estimate of drug-likeness (QED) is 0.457. The summed E-state index contributed by atoms with van der Waals surface area (Å²) in [7, 11) is 1.68. The minimum atomic E-state index is -0.363. The van der Waals surface area contributed by atoms with Gasteiger partial charge >= 0.3 is 5.69 Å². The molecule has 174 valence electrons. The van der Waals surface area contributed by atoms with Crippen LogP contribution in [-0.4, -0.2) is 25.2 Å². The molecule has 0 N–H and O–H groups in total. The lowest BCUT2D eigenvalue weighted by atomic mass is 10.1. The molecular formula is C27H29N5O2. The van der Waals surface area contributed by atoms with Crippen molar-refractivity contribution in [3.8, 4) is 0 Å². The van der Waals surface area contributed by atoms with Crippen LogP contribution in [0.1, 0.15) is 25.0 Å². The largest absolute Gasteiger partial charge is 0.332 e. The van der Waals surface area contributed by atoms with Crippen molar-refractivity contribution in [2.75, 3.05) is 11.4 Å². The zero-order valence-corrected chi connectivity index (χ0v) is 19.8. The highest BCUT2D eigenvalue weighted by atomic mass is 16.2. The van der Waals surface area contributed by atoms with Gasteiger partial charge in [-0.15, -0.1) is 0 Å². The van der Waals surface area contributed by atoms with Crippen molar-refractivity contribution in [2.24, 2.45) is 13.0 Å². The summed E-state index contributed by atoms with van der Waals surface area (Å²) in [5, 5.41) is 0. The molecule has 0 radical (unpaired) electrons. The molecular weight excluding hydrogens is 426 g/mol. The Morgan fingerprint density at radius 1 is 1.03 bits per heavy atom. The van der Waals surface area contributed by atoms with Crippen LogP contribution in [0, 0.1) is 5.92 Å². The summed E-state index contributed by atoms with van der Waals surface area (Å²) in [6.45, 7) is 6.00. The molecule has 2 aromatic heterocycles. The molecule has 0 spiro atoms. The number of allylic oxidation sites excluding steroid dienone is 1. The van der Waals surface area contributed by atoms with E-state index in [4.69, 9.17) is 4.98 Å². The van der Waals surface area contributed by atoms with Crippen molar-refractivity contribution >= 4 is 28.9 Å². The van der Waals surface area contributed by atoms with Crippen LogP contribution in [0.2, 0.25) is 0 Å². The SMILES string of the molecule is CCc1ccc(N2C[C@@H](C)Cn3c2nc2c3c(=O)n(C/C=C\c3ccccc3)c(=O)n2C)cc1. The summed E-state index contributed by atoms with van der Waals surface area (Å²) in [4.78, 5) is 33.6. The third kappa shape index (κ3) is 3.77. The molecule has 0 saturated heterocycles. The number of aromatic nitrogens is 4. The zero-order chi connectivity index (χ0) is 23.8. The van der Waals surface area contributed by atoms with Crippen LogP contribution >= 0.6 is 0 Å². The van der Waals surface area contributed by atoms with Crippen molar-refractivity contribution in [1.82, 2.24) is 18.7 Å². The van der Waals surface area contributed by atoms with Crippen LogP contribution in [0.5, 0.6) is 0 Å². The van der Waals surface area contributed by atoms with E-state index in [2.05, 4.69) is 43.0 Å². The van der Waals surface area contributed by atoms with E-state index >= 15 is 0 Å². The monoisotopic (exact) mass is 455 g/mol. The maximum absolute atomic E-state index is 13.5. The van der Waals surface area contributed by atoms with Crippen molar-refractivity contribution < 1.29 is 0 Å². The summed E-state index contributed by atoms with van der Waals surface area (Å²) in [5.74, 6) is 1.03. The lowest BCUT2D eigenvalue weighted by Crippen LogP contribution is -2.40. The Morgan fingerprint density at radius 2 is 1.76 bits per heavy atom. The number of rotatable bonds is 5. The Labute approximate surface area is 198 Å². The standard InChI is InChI=1S/C27H29N5O2/c1-4-20-12-14-22(15-13-20)31-17-19(2)18-32-23-24(28-26(31)32)29(3)27(34)30(25(23)33)16-8-11-21-9-6-5-7-10-21/h5-15,19H,4,16-18H2,1-3H3/b11-8-/t19-/m1/s1. The summed E-state index contributed by atoms with van der Waals surface area (Å²) < 4.78 is 4.76. The van der Waals surface area contributed by atoms with E-state index < -0.39 is 0 Å². The predicted molar refractivity (Wildman–Crippen MR) is 137 cm³/mol. The number of hydrogen-bond acceptors (Lipinski definition) is 4. The van der Waals surface area contributed by atoms with Gasteiger partial charge in [-0.2, -0.15) is 4.98 Å². The van der Waals surface area contributed by atoms with Gasteiger partial charge in [0.1, 0.15) is 0 Å². The molecule has 7 nitrogen and oxygen atoms in total. The van der Waals surface area contributed by atoms with Gasteiger partial charge in [0.25, 0.3) is 5.56 Å². The highest BCUT2D eigenvalue weighted by Gasteiger charge is 2.29. The number of benzene rings is 2. The van der Waals surface area contributed by atoms with Crippen molar-refractivity contribution in [3.63, 3.8) is 0 Å². The van der Waals surface area contributed by atoms with Crippen molar-refractivity contribution in [3.05, 3.63) is 92.6 Å². The second-order valence-corrected chi connectivity index (χ2v) is 9.00. The maximum Gasteiger partial charge on any atom is 0.332 e. The van der Waals surface area contributed by atoms with Crippen LogP contribution in [0.4, 0.5) is 11.6 Å². The number of hydrogen-bond donors (Lipinski definition) is 0. The third-order valence-electron chi connectivity index (χ3n) is 6.50. The zero-order valence-electron chi connectivity index (χ0n) is 19.8. The highest BCUT2D eigenvalue weighted by Crippen LogP contribution is 2.32. The van der Waals surface area contributed by atoms with Gasteiger partial charge < -0.3 is 9.47 Å². The second kappa shape index (κ2) is 8.82. The van der Waals surface area contributed by atoms with Crippen LogP contribution < -0.4 is 16.1 Å². The maximum atomic E-state index is 13.5. The van der Waals surface area contributed by atoms with Gasteiger partial charge in [-0.25, -0.2) is 4.79 Å². The lowest BCUT2D eigenvalue weighted by molar-refractivity contribution is 0.458. The van der Waals surface area contributed by atoms with Crippen LogP contribution in [0.25, 0.3) is 17.2 Å². The topological polar surface area (TPSA) is 65.1 Å². The molecule has 34 heavy (non-hydrogen) atoms. The molecule has 2 aromatic carbocycles. The van der Waals surface area contributed by atoms with Gasteiger partial charge in [0, 0.05) is 32.4 Å². The molecule has 0 unspecified atom stereocenters. The molecule has 0 fully saturated rings. The summed E-state index contributed by atoms with van der Waals surface area (Å²) >= 11 is 0. The number of aryl methyl sites for hydroxylation is 2. The molecule has 7 heteroatoms. The van der Waals surface area contributed by atoms with Gasteiger partial charge in [0.05, 0.1) is 0 Å². The average Bonchev–Trinajstić information content (AvgIpc) is 3.24. The summed E-state index contributed by atoms with van der Waals surface area (Å²) in [6.07, 6.45) is 4.75. The highest BCUT2D eigenvalue weighted by molar-refractivity contribution is 5.77. The first-order valence-electron chi connectivity index (χ1n) is 11.8. The number of fused-ring (bicyclic) bond motifs is 3.